The van der Waals surface area contributed by atoms with E-state index in [-0.39, 0.29) is 0 Å². The molecule has 0 radical (unpaired) electrons. The molecule has 1 aliphatic rings. The second-order valence-corrected chi connectivity index (χ2v) is 6.87. The molecule has 0 unspecified atom stereocenters. The molecule has 82 valence electrons. The van der Waals surface area contributed by atoms with Crippen molar-refractivity contribution in [1.29, 1.82) is 0 Å². The number of thioether (sulfide) groups is 1. The zero-order valence-electron chi connectivity index (χ0n) is 10.2. The van der Waals surface area contributed by atoms with Crippen LogP contribution in [0, 0.1) is 13.8 Å². The smallest absolute Gasteiger partial charge is 0.0507 e. The first-order valence-electron chi connectivity index (χ1n) is 5.40. The van der Waals surface area contributed by atoms with Gasteiger partial charge in [0.2, 0.25) is 0 Å². The van der Waals surface area contributed by atoms with Gasteiger partial charge in [-0.15, -0.1) is 11.8 Å². The van der Waals surface area contributed by atoms with E-state index in [9.17, 15) is 0 Å². The summed E-state index contributed by atoms with van der Waals surface area (Å²) in [5.41, 5.74) is 4.17. The largest absolute Gasteiger partial charge is 0.372 e. The van der Waals surface area contributed by atoms with Gasteiger partial charge in [0.05, 0.1) is 5.69 Å². The van der Waals surface area contributed by atoms with Gasteiger partial charge in [-0.1, -0.05) is 6.07 Å². The van der Waals surface area contributed by atoms with Gasteiger partial charge in [-0.2, -0.15) is 0 Å². The lowest BCUT2D eigenvalue weighted by atomic mass is 10.1. The summed E-state index contributed by atoms with van der Waals surface area (Å²) in [5.74, 6) is 0. The molecule has 0 saturated carbocycles. The molecule has 1 aromatic rings. The molecule has 1 nitrogen and oxygen atoms in total. The van der Waals surface area contributed by atoms with Crippen LogP contribution in [-0.4, -0.2) is 18.3 Å². The Morgan fingerprint density at radius 2 is 1.93 bits per heavy atom. The zero-order valence-corrected chi connectivity index (χ0v) is 11.0. The summed E-state index contributed by atoms with van der Waals surface area (Å²) in [6.45, 7) is 10.1. The minimum Gasteiger partial charge on any atom is -0.372 e. The first kappa shape index (κ1) is 10.9. The maximum Gasteiger partial charge on any atom is 0.0507 e. The summed E-state index contributed by atoms with van der Waals surface area (Å²) in [6, 6.07) is 4.58. The molecule has 2 heteroatoms. The lowest BCUT2D eigenvalue weighted by molar-refractivity contribution is 0.675. The monoisotopic (exact) mass is 221 g/mol. The van der Waals surface area contributed by atoms with Crippen molar-refractivity contribution in [3.05, 3.63) is 23.3 Å². The standard InChI is InChI=1S/C13H19NS/c1-9-6-10(2)12-11(7-9)14(5)8-13(3,4)15-12/h6-7H,8H2,1-5H3. The van der Waals surface area contributed by atoms with Crippen LogP contribution in [0.4, 0.5) is 5.69 Å². The van der Waals surface area contributed by atoms with Crippen molar-refractivity contribution in [2.24, 2.45) is 0 Å². The lowest BCUT2D eigenvalue weighted by Crippen LogP contribution is -2.37. The number of anilines is 1. The SMILES string of the molecule is Cc1cc(C)c2c(c1)N(C)CC(C)(C)S2. The van der Waals surface area contributed by atoms with E-state index < -0.39 is 0 Å². The van der Waals surface area contributed by atoms with Crippen molar-refractivity contribution in [3.63, 3.8) is 0 Å². The molecule has 0 aliphatic carbocycles. The molecule has 15 heavy (non-hydrogen) atoms. The lowest BCUT2D eigenvalue weighted by Gasteiger charge is -2.39. The highest BCUT2D eigenvalue weighted by Crippen LogP contribution is 2.45. The van der Waals surface area contributed by atoms with E-state index in [2.05, 4.69) is 51.8 Å². The fourth-order valence-electron chi connectivity index (χ4n) is 2.31. The Kier molecular flexibility index (Phi) is 2.50. The number of fused-ring (bicyclic) bond motifs is 1. The molecule has 1 aliphatic heterocycles. The highest BCUT2D eigenvalue weighted by atomic mass is 32.2. The van der Waals surface area contributed by atoms with E-state index >= 15 is 0 Å². The number of hydrogen-bond acceptors (Lipinski definition) is 2. The van der Waals surface area contributed by atoms with Crippen molar-refractivity contribution in [1.82, 2.24) is 0 Å². The molecule has 0 saturated heterocycles. The first-order valence-corrected chi connectivity index (χ1v) is 6.22. The number of rotatable bonds is 0. The molecule has 1 heterocycles. The normalized spacial score (nSPS) is 18.9. The van der Waals surface area contributed by atoms with Crippen LogP contribution < -0.4 is 4.90 Å². The predicted molar refractivity (Wildman–Crippen MR) is 69.1 cm³/mol. The second kappa shape index (κ2) is 3.44. The van der Waals surface area contributed by atoms with E-state index in [1.54, 1.807) is 0 Å². The Hall–Kier alpha value is -0.630. The van der Waals surface area contributed by atoms with Crippen molar-refractivity contribution in [3.8, 4) is 0 Å². The molecule has 0 bridgehead atoms. The van der Waals surface area contributed by atoms with E-state index in [1.165, 1.54) is 21.7 Å². The predicted octanol–water partition coefficient (Wildman–Crippen LogP) is 3.62. The van der Waals surface area contributed by atoms with Crippen LogP contribution >= 0.6 is 11.8 Å². The second-order valence-electron chi connectivity index (χ2n) is 5.15. The molecule has 0 amide bonds. The summed E-state index contributed by atoms with van der Waals surface area (Å²) in [5, 5.41) is 0. The zero-order chi connectivity index (χ0) is 11.2. The maximum absolute atomic E-state index is 2.38. The van der Waals surface area contributed by atoms with Gasteiger partial charge in [0, 0.05) is 23.2 Å². The van der Waals surface area contributed by atoms with Crippen LogP contribution in [0.25, 0.3) is 0 Å². The van der Waals surface area contributed by atoms with Crippen LogP contribution in [0.2, 0.25) is 0 Å². The molecule has 1 aromatic carbocycles. The molecule has 2 rings (SSSR count). The molecular weight excluding hydrogens is 202 g/mol. The Morgan fingerprint density at radius 3 is 2.60 bits per heavy atom. The average molecular weight is 221 g/mol. The minimum atomic E-state index is 0.321. The number of benzene rings is 1. The minimum absolute atomic E-state index is 0.321. The average Bonchev–Trinajstić information content (AvgIpc) is 2.06. The van der Waals surface area contributed by atoms with Gasteiger partial charge in [-0.25, -0.2) is 0 Å². The molecule has 0 fully saturated rings. The third-order valence-electron chi connectivity index (χ3n) is 2.81. The summed E-state index contributed by atoms with van der Waals surface area (Å²) in [7, 11) is 2.19. The Morgan fingerprint density at radius 1 is 1.27 bits per heavy atom. The van der Waals surface area contributed by atoms with Gasteiger partial charge in [0.15, 0.2) is 0 Å². The third-order valence-corrected chi connectivity index (χ3v) is 4.22. The van der Waals surface area contributed by atoms with Crippen molar-refractivity contribution < 1.29 is 0 Å². The molecule has 0 aromatic heterocycles. The molecule has 0 N–H and O–H groups in total. The van der Waals surface area contributed by atoms with Crippen LogP contribution in [-0.2, 0) is 0 Å². The Bertz CT molecular complexity index is 396. The molecule has 0 spiro atoms. The van der Waals surface area contributed by atoms with Gasteiger partial charge in [0.1, 0.15) is 0 Å². The highest BCUT2D eigenvalue weighted by Gasteiger charge is 2.30. The topological polar surface area (TPSA) is 3.24 Å². The van der Waals surface area contributed by atoms with E-state index in [0.29, 0.717) is 4.75 Å². The van der Waals surface area contributed by atoms with Gasteiger partial charge in [0.25, 0.3) is 0 Å². The van der Waals surface area contributed by atoms with Gasteiger partial charge < -0.3 is 4.90 Å². The van der Waals surface area contributed by atoms with Crippen molar-refractivity contribution in [2.75, 3.05) is 18.5 Å². The van der Waals surface area contributed by atoms with Crippen LogP contribution in [0.3, 0.4) is 0 Å². The first-order chi connectivity index (χ1) is 6.89. The van der Waals surface area contributed by atoms with E-state index in [1.807, 2.05) is 11.8 Å². The Balaban J connectivity index is 2.55. The van der Waals surface area contributed by atoms with E-state index in [0.717, 1.165) is 6.54 Å². The van der Waals surface area contributed by atoms with E-state index in [4.69, 9.17) is 0 Å². The van der Waals surface area contributed by atoms with Crippen molar-refractivity contribution >= 4 is 17.4 Å². The van der Waals surface area contributed by atoms with Gasteiger partial charge in [-0.05, 0) is 44.9 Å². The number of hydrogen-bond donors (Lipinski definition) is 0. The fourth-order valence-corrected chi connectivity index (χ4v) is 3.66. The molecular formula is C13H19NS. The van der Waals surface area contributed by atoms with Crippen LogP contribution in [0.5, 0.6) is 0 Å². The van der Waals surface area contributed by atoms with Gasteiger partial charge in [-0.3, -0.25) is 0 Å². The maximum atomic E-state index is 2.38. The fraction of sp³-hybridized carbons (Fsp3) is 0.538. The highest BCUT2D eigenvalue weighted by molar-refractivity contribution is 8.01. The quantitative estimate of drug-likeness (QED) is 0.658. The number of nitrogens with zero attached hydrogens (tertiary/aromatic N) is 1. The van der Waals surface area contributed by atoms with Crippen LogP contribution in [0.1, 0.15) is 25.0 Å². The Labute approximate surface area is 96.9 Å². The summed E-state index contributed by atoms with van der Waals surface area (Å²) >= 11 is 2.01. The van der Waals surface area contributed by atoms with Gasteiger partial charge >= 0.3 is 0 Å². The number of aryl methyl sites for hydroxylation is 2. The van der Waals surface area contributed by atoms with Crippen LogP contribution in [0.15, 0.2) is 17.0 Å². The summed E-state index contributed by atoms with van der Waals surface area (Å²) < 4.78 is 0.321. The summed E-state index contributed by atoms with van der Waals surface area (Å²) in [4.78, 5) is 3.84. The van der Waals surface area contributed by atoms with Crippen molar-refractivity contribution in [2.45, 2.75) is 37.3 Å². The summed E-state index contributed by atoms with van der Waals surface area (Å²) in [6.07, 6.45) is 0. The third kappa shape index (κ3) is 2.00. The molecule has 0 atom stereocenters.